The molecular weight excluding hydrogens is 443 g/mol. The average molecular weight is 457 g/mol. The number of ether oxygens (including phenoxy) is 1. The molecule has 0 aliphatic carbocycles. The third-order valence-electron chi connectivity index (χ3n) is 4.72. The lowest BCUT2D eigenvalue weighted by Gasteiger charge is -2.10. The van der Waals surface area contributed by atoms with Crippen LogP contribution in [-0.4, -0.2) is 29.8 Å². The molecule has 3 aromatic rings. The van der Waals surface area contributed by atoms with Crippen LogP contribution in [0, 0.1) is 10.1 Å². The molecule has 2 heterocycles. The van der Waals surface area contributed by atoms with Crippen molar-refractivity contribution in [1.82, 2.24) is 0 Å². The molecule has 1 aliphatic heterocycles. The van der Waals surface area contributed by atoms with Gasteiger partial charge in [-0.25, -0.2) is 0 Å². The van der Waals surface area contributed by atoms with Crippen LogP contribution in [0.2, 0.25) is 0 Å². The second-order valence-corrected chi connectivity index (χ2v) is 6.80. The zero-order valence-electron chi connectivity index (χ0n) is 16.9. The molecule has 8 nitrogen and oxygen atoms in total. The number of nitrogens with zero attached hydrogens (tertiary/aromatic N) is 3. The molecule has 0 saturated heterocycles. The minimum Gasteiger partial charge on any atom is -0.496 e. The van der Waals surface area contributed by atoms with E-state index in [-0.39, 0.29) is 28.6 Å². The fourth-order valence-corrected chi connectivity index (χ4v) is 3.21. The van der Waals surface area contributed by atoms with Gasteiger partial charge in [-0.05, 0) is 36.4 Å². The van der Waals surface area contributed by atoms with Crippen molar-refractivity contribution in [3.05, 3.63) is 82.1 Å². The van der Waals surface area contributed by atoms with Crippen molar-refractivity contribution in [2.45, 2.75) is 6.18 Å². The number of halogens is 3. The van der Waals surface area contributed by atoms with Gasteiger partial charge in [-0.3, -0.25) is 14.9 Å². The second kappa shape index (κ2) is 8.26. The van der Waals surface area contributed by atoms with Crippen LogP contribution < -0.4 is 9.75 Å². The lowest BCUT2D eigenvalue weighted by Crippen LogP contribution is -2.25. The van der Waals surface area contributed by atoms with Gasteiger partial charge < -0.3 is 9.15 Å². The number of furan rings is 1. The van der Waals surface area contributed by atoms with E-state index in [9.17, 15) is 28.1 Å². The van der Waals surface area contributed by atoms with E-state index in [0.29, 0.717) is 10.6 Å². The van der Waals surface area contributed by atoms with Crippen molar-refractivity contribution in [2.24, 2.45) is 5.10 Å². The smallest absolute Gasteiger partial charge is 0.435 e. The van der Waals surface area contributed by atoms with Gasteiger partial charge in [0.25, 0.3) is 11.6 Å². The van der Waals surface area contributed by atoms with Gasteiger partial charge >= 0.3 is 6.18 Å². The van der Waals surface area contributed by atoms with Crippen molar-refractivity contribution < 1.29 is 32.0 Å². The van der Waals surface area contributed by atoms with Crippen LogP contribution in [0.25, 0.3) is 17.4 Å². The third-order valence-corrected chi connectivity index (χ3v) is 4.72. The molecule has 33 heavy (non-hydrogen) atoms. The highest BCUT2D eigenvalue weighted by Gasteiger charge is 2.47. The number of para-hydroxylation sites is 1. The standard InChI is InChI=1S/C22H14F3N3O5/c1-32-19-11-14(28(30)31)7-9-16(19)18-10-8-15(33-18)12-17-20(22(23,24)25)26-27(21(17)29)13-5-3-2-4-6-13/h2-12H,1H3/b17-12-. The average Bonchev–Trinajstić information content (AvgIpc) is 3.39. The Morgan fingerprint density at radius 2 is 1.85 bits per heavy atom. The Labute approximate surface area is 184 Å². The van der Waals surface area contributed by atoms with Crippen LogP contribution in [0.3, 0.4) is 0 Å². The van der Waals surface area contributed by atoms with Crippen LogP contribution in [0.1, 0.15) is 5.76 Å². The topological polar surface area (TPSA) is 98.2 Å². The Balaban J connectivity index is 1.72. The summed E-state index contributed by atoms with van der Waals surface area (Å²) >= 11 is 0. The van der Waals surface area contributed by atoms with Crippen LogP contribution in [0.5, 0.6) is 5.75 Å². The van der Waals surface area contributed by atoms with Crippen LogP contribution in [0.4, 0.5) is 24.5 Å². The number of rotatable bonds is 5. The molecule has 0 spiro atoms. The summed E-state index contributed by atoms with van der Waals surface area (Å²) in [5.74, 6) is -0.674. The summed E-state index contributed by atoms with van der Waals surface area (Å²) in [6.45, 7) is 0. The largest absolute Gasteiger partial charge is 0.496 e. The fourth-order valence-electron chi connectivity index (χ4n) is 3.21. The molecule has 0 radical (unpaired) electrons. The molecule has 0 N–H and O–H groups in total. The third kappa shape index (κ3) is 4.20. The minimum atomic E-state index is -4.87. The molecule has 0 bridgehead atoms. The first-order valence-electron chi connectivity index (χ1n) is 9.39. The summed E-state index contributed by atoms with van der Waals surface area (Å²) in [6.07, 6.45) is -3.92. The number of non-ortho nitro benzene ring substituents is 1. The molecule has 1 aromatic heterocycles. The van der Waals surface area contributed by atoms with E-state index < -0.39 is 28.3 Å². The van der Waals surface area contributed by atoms with Gasteiger partial charge in [-0.15, -0.1) is 0 Å². The molecule has 0 fully saturated rings. The number of anilines is 1. The highest BCUT2D eigenvalue weighted by molar-refractivity contribution is 6.34. The Kier molecular flexibility index (Phi) is 5.46. The number of hydrogen-bond donors (Lipinski definition) is 0. The van der Waals surface area contributed by atoms with Gasteiger partial charge in [0.05, 0.1) is 34.9 Å². The number of carbonyl (C=O) groups excluding carboxylic acids is 1. The van der Waals surface area contributed by atoms with Gasteiger partial charge in [0, 0.05) is 6.07 Å². The molecule has 168 valence electrons. The number of hydrogen-bond acceptors (Lipinski definition) is 6. The number of benzene rings is 2. The SMILES string of the molecule is COc1cc([N+](=O)[O-])ccc1-c1ccc(/C=C2\C(=O)N(c3ccccc3)N=C2C(F)(F)F)o1. The van der Waals surface area contributed by atoms with Gasteiger partial charge in [-0.1, -0.05) is 18.2 Å². The molecule has 1 amide bonds. The monoisotopic (exact) mass is 457 g/mol. The van der Waals surface area contributed by atoms with Gasteiger partial charge in [0.1, 0.15) is 17.3 Å². The van der Waals surface area contributed by atoms with E-state index in [4.69, 9.17) is 9.15 Å². The lowest BCUT2D eigenvalue weighted by atomic mass is 10.1. The number of methoxy groups -OCH3 is 1. The molecular formula is C22H14F3N3O5. The predicted octanol–water partition coefficient (Wildman–Crippen LogP) is 5.21. The Bertz CT molecular complexity index is 1300. The summed E-state index contributed by atoms with van der Waals surface area (Å²) in [5, 5.41) is 15.1. The van der Waals surface area contributed by atoms with Gasteiger partial charge in [-0.2, -0.15) is 23.3 Å². The van der Waals surface area contributed by atoms with Crippen LogP contribution >= 0.6 is 0 Å². The van der Waals surface area contributed by atoms with E-state index in [0.717, 1.165) is 6.08 Å². The number of nitro benzene ring substituents is 1. The number of nitro groups is 1. The first-order chi connectivity index (χ1) is 15.7. The molecule has 4 rings (SSSR count). The second-order valence-electron chi connectivity index (χ2n) is 6.80. The van der Waals surface area contributed by atoms with Crippen molar-refractivity contribution in [3.63, 3.8) is 0 Å². The Morgan fingerprint density at radius 3 is 2.48 bits per heavy atom. The number of amides is 1. The molecule has 0 unspecified atom stereocenters. The van der Waals surface area contributed by atoms with E-state index in [1.165, 1.54) is 49.6 Å². The lowest BCUT2D eigenvalue weighted by molar-refractivity contribution is -0.384. The molecule has 1 aliphatic rings. The Morgan fingerprint density at radius 1 is 1.12 bits per heavy atom. The minimum absolute atomic E-state index is 0.0411. The van der Waals surface area contributed by atoms with E-state index >= 15 is 0 Å². The molecule has 2 aromatic carbocycles. The van der Waals surface area contributed by atoms with Crippen molar-refractivity contribution in [1.29, 1.82) is 0 Å². The predicted molar refractivity (Wildman–Crippen MR) is 113 cm³/mol. The summed E-state index contributed by atoms with van der Waals surface area (Å²) in [4.78, 5) is 23.1. The Hall–Kier alpha value is -4.41. The van der Waals surface area contributed by atoms with E-state index in [1.54, 1.807) is 18.2 Å². The zero-order valence-corrected chi connectivity index (χ0v) is 16.9. The number of alkyl halides is 3. The van der Waals surface area contributed by atoms with Crippen molar-refractivity contribution in [2.75, 3.05) is 12.1 Å². The summed E-state index contributed by atoms with van der Waals surface area (Å²) < 4.78 is 51.6. The molecule has 11 heteroatoms. The first-order valence-corrected chi connectivity index (χ1v) is 9.39. The summed E-state index contributed by atoms with van der Waals surface area (Å²) in [7, 11) is 1.32. The van der Waals surface area contributed by atoms with E-state index in [2.05, 4.69) is 5.10 Å². The number of hydrazone groups is 1. The highest BCUT2D eigenvalue weighted by Crippen LogP contribution is 2.36. The highest BCUT2D eigenvalue weighted by atomic mass is 19.4. The molecule has 0 saturated carbocycles. The van der Waals surface area contributed by atoms with Gasteiger partial charge in [0.2, 0.25) is 0 Å². The maximum atomic E-state index is 13.6. The zero-order chi connectivity index (χ0) is 23.8. The summed E-state index contributed by atoms with van der Waals surface area (Å²) in [5.41, 5.74) is -1.69. The maximum Gasteiger partial charge on any atom is 0.435 e. The normalized spacial score (nSPS) is 15.2. The fraction of sp³-hybridized carbons (Fsp3) is 0.0909. The first kappa shape index (κ1) is 21.8. The van der Waals surface area contributed by atoms with Crippen LogP contribution in [-0.2, 0) is 4.79 Å². The van der Waals surface area contributed by atoms with Crippen LogP contribution in [0.15, 0.2) is 75.8 Å². The van der Waals surface area contributed by atoms with Crippen molar-refractivity contribution >= 4 is 29.1 Å². The maximum absolute atomic E-state index is 13.6. The molecule has 0 atom stereocenters. The summed E-state index contributed by atoms with van der Waals surface area (Å²) in [6, 6.07) is 14.4. The van der Waals surface area contributed by atoms with Gasteiger partial charge in [0.15, 0.2) is 5.71 Å². The quantitative estimate of drug-likeness (QED) is 0.298. The van der Waals surface area contributed by atoms with E-state index in [1.807, 2.05) is 0 Å². The number of carbonyl (C=O) groups is 1. The van der Waals surface area contributed by atoms with Crippen molar-refractivity contribution in [3.8, 4) is 17.1 Å².